The minimum absolute atomic E-state index is 0.221. The van der Waals surface area contributed by atoms with E-state index in [2.05, 4.69) is 59.8 Å². The van der Waals surface area contributed by atoms with Crippen LogP contribution in [0.3, 0.4) is 0 Å². The van der Waals surface area contributed by atoms with Gasteiger partial charge < -0.3 is 5.32 Å². The third kappa shape index (κ3) is 2.19. The van der Waals surface area contributed by atoms with Gasteiger partial charge in [0, 0.05) is 24.3 Å². The molecule has 3 heteroatoms. The van der Waals surface area contributed by atoms with Crippen LogP contribution in [0, 0.1) is 0 Å². The summed E-state index contributed by atoms with van der Waals surface area (Å²) in [5, 5.41) is 10.3. The molecule has 0 aliphatic heterocycles. The highest BCUT2D eigenvalue weighted by atomic mass is 15.3. The van der Waals surface area contributed by atoms with Crippen molar-refractivity contribution in [2.24, 2.45) is 7.05 Å². The van der Waals surface area contributed by atoms with Crippen LogP contribution in [-0.2, 0) is 7.05 Å². The maximum atomic E-state index is 4.22. The van der Waals surface area contributed by atoms with Gasteiger partial charge in [0.1, 0.15) is 0 Å². The number of nitrogens with zero attached hydrogens (tertiary/aromatic N) is 2. The van der Waals surface area contributed by atoms with Gasteiger partial charge in [-0.1, -0.05) is 36.4 Å². The Morgan fingerprint density at radius 3 is 2.63 bits per heavy atom. The molecule has 0 aliphatic carbocycles. The van der Waals surface area contributed by atoms with Crippen LogP contribution in [0.5, 0.6) is 0 Å². The number of nitrogens with one attached hydrogen (secondary N) is 1. The van der Waals surface area contributed by atoms with E-state index in [4.69, 9.17) is 0 Å². The smallest absolute Gasteiger partial charge is 0.0654 e. The first-order valence-electron chi connectivity index (χ1n) is 6.48. The zero-order chi connectivity index (χ0) is 13.2. The summed E-state index contributed by atoms with van der Waals surface area (Å²) < 4.78 is 1.91. The molecule has 3 nitrogen and oxygen atoms in total. The van der Waals surface area contributed by atoms with Crippen molar-refractivity contribution in [2.75, 3.05) is 5.32 Å². The largest absolute Gasteiger partial charge is 0.376 e. The van der Waals surface area contributed by atoms with Crippen molar-refractivity contribution < 1.29 is 0 Å². The predicted molar refractivity (Wildman–Crippen MR) is 79.2 cm³/mol. The summed E-state index contributed by atoms with van der Waals surface area (Å²) in [7, 11) is 1.97. The molecule has 1 unspecified atom stereocenters. The van der Waals surface area contributed by atoms with E-state index in [9.17, 15) is 0 Å². The van der Waals surface area contributed by atoms with Crippen molar-refractivity contribution >= 4 is 16.5 Å². The molecule has 0 spiro atoms. The van der Waals surface area contributed by atoms with Crippen molar-refractivity contribution in [1.82, 2.24) is 9.78 Å². The lowest BCUT2D eigenvalue weighted by Crippen LogP contribution is -2.11. The average Bonchev–Trinajstić information content (AvgIpc) is 2.85. The first kappa shape index (κ1) is 11.8. The first-order chi connectivity index (χ1) is 9.25. The Morgan fingerprint density at radius 2 is 1.84 bits per heavy atom. The number of benzene rings is 2. The monoisotopic (exact) mass is 251 g/mol. The van der Waals surface area contributed by atoms with Crippen LogP contribution in [0.4, 0.5) is 5.69 Å². The molecule has 1 aromatic heterocycles. The fourth-order valence-corrected chi connectivity index (χ4v) is 2.47. The summed E-state index contributed by atoms with van der Waals surface area (Å²) in [4.78, 5) is 0. The van der Waals surface area contributed by atoms with Gasteiger partial charge in [-0.3, -0.25) is 4.68 Å². The molecular weight excluding hydrogens is 234 g/mol. The SMILES string of the molecule is CC(Nc1cccc2ccccc12)c1ccnn1C. The van der Waals surface area contributed by atoms with Crippen molar-refractivity contribution in [1.29, 1.82) is 0 Å². The van der Waals surface area contributed by atoms with Crippen LogP contribution in [0.1, 0.15) is 18.7 Å². The Hall–Kier alpha value is -2.29. The highest BCUT2D eigenvalue weighted by Gasteiger charge is 2.10. The molecule has 3 aromatic rings. The van der Waals surface area contributed by atoms with Gasteiger partial charge in [0.05, 0.1) is 11.7 Å². The molecule has 0 aliphatic rings. The summed E-state index contributed by atoms with van der Waals surface area (Å²) in [6.45, 7) is 2.15. The van der Waals surface area contributed by atoms with E-state index in [1.807, 2.05) is 24.0 Å². The molecule has 1 heterocycles. The summed E-state index contributed by atoms with van der Waals surface area (Å²) in [6, 6.07) is 17.0. The standard InChI is InChI=1S/C16H17N3/c1-12(16-10-11-17-19(16)2)18-15-9-5-7-13-6-3-4-8-14(13)15/h3-12,18H,1-2H3. The van der Waals surface area contributed by atoms with Gasteiger partial charge in [-0.15, -0.1) is 0 Å². The molecule has 0 saturated carbocycles. The van der Waals surface area contributed by atoms with E-state index in [-0.39, 0.29) is 6.04 Å². The van der Waals surface area contributed by atoms with E-state index >= 15 is 0 Å². The van der Waals surface area contributed by atoms with Crippen LogP contribution in [0.25, 0.3) is 10.8 Å². The van der Waals surface area contributed by atoms with Gasteiger partial charge in [0.2, 0.25) is 0 Å². The highest BCUT2D eigenvalue weighted by Crippen LogP contribution is 2.26. The second kappa shape index (κ2) is 4.76. The number of hydrogen-bond acceptors (Lipinski definition) is 2. The number of hydrogen-bond donors (Lipinski definition) is 1. The molecule has 0 fully saturated rings. The van der Waals surface area contributed by atoms with E-state index in [0.717, 1.165) is 5.69 Å². The summed E-state index contributed by atoms with van der Waals surface area (Å²) in [5.41, 5.74) is 2.33. The number of aryl methyl sites for hydroxylation is 1. The Labute approximate surface area is 112 Å². The molecule has 0 saturated heterocycles. The molecule has 3 rings (SSSR count). The lowest BCUT2D eigenvalue weighted by Gasteiger charge is -2.17. The molecular formula is C16H17N3. The van der Waals surface area contributed by atoms with Gasteiger partial charge >= 0.3 is 0 Å². The number of rotatable bonds is 3. The van der Waals surface area contributed by atoms with Gasteiger partial charge in [-0.05, 0) is 24.4 Å². The molecule has 0 amide bonds. The highest BCUT2D eigenvalue weighted by molar-refractivity contribution is 5.93. The Morgan fingerprint density at radius 1 is 1.05 bits per heavy atom. The summed E-state index contributed by atoms with van der Waals surface area (Å²) in [5.74, 6) is 0. The van der Waals surface area contributed by atoms with Crippen LogP contribution < -0.4 is 5.32 Å². The average molecular weight is 251 g/mol. The van der Waals surface area contributed by atoms with Crippen LogP contribution in [0.2, 0.25) is 0 Å². The number of anilines is 1. The maximum absolute atomic E-state index is 4.22. The van der Waals surface area contributed by atoms with E-state index < -0.39 is 0 Å². The van der Waals surface area contributed by atoms with E-state index in [0.29, 0.717) is 0 Å². The molecule has 1 N–H and O–H groups in total. The molecule has 19 heavy (non-hydrogen) atoms. The number of fused-ring (bicyclic) bond motifs is 1. The fourth-order valence-electron chi connectivity index (χ4n) is 2.47. The summed E-state index contributed by atoms with van der Waals surface area (Å²) in [6.07, 6.45) is 1.83. The second-order valence-corrected chi connectivity index (χ2v) is 4.77. The molecule has 0 radical (unpaired) electrons. The van der Waals surface area contributed by atoms with Crippen LogP contribution >= 0.6 is 0 Å². The quantitative estimate of drug-likeness (QED) is 0.768. The van der Waals surface area contributed by atoms with Gasteiger partial charge in [0.25, 0.3) is 0 Å². The van der Waals surface area contributed by atoms with E-state index in [1.54, 1.807) is 0 Å². The van der Waals surface area contributed by atoms with Crippen molar-refractivity contribution in [3.8, 4) is 0 Å². The Kier molecular flexibility index (Phi) is 2.95. The summed E-state index contributed by atoms with van der Waals surface area (Å²) >= 11 is 0. The Bertz CT molecular complexity index is 695. The van der Waals surface area contributed by atoms with Crippen LogP contribution in [-0.4, -0.2) is 9.78 Å². The van der Waals surface area contributed by atoms with Gasteiger partial charge in [-0.2, -0.15) is 5.10 Å². The third-order valence-corrected chi connectivity index (χ3v) is 3.46. The zero-order valence-electron chi connectivity index (χ0n) is 11.2. The third-order valence-electron chi connectivity index (χ3n) is 3.46. The molecule has 2 aromatic carbocycles. The molecule has 96 valence electrons. The van der Waals surface area contributed by atoms with E-state index in [1.165, 1.54) is 16.5 Å². The lowest BCUT2D eigenvalue weighted by atomic mass is 10.1. The van der Waals surface area contributed by atoms with Crippen molar-refractivity contribution in [2.45, 2.75) is 13.0 Å². The normalized spacial score (nSPS) is 12.5. The van der Waals surface area contributed by atoms with Crippen molar-refractivity contribution in [3.05, 3.63) is 60.4 Å². The lowest BCUT2D eigenvalue weighted by molar-refractivity contribution is 0.676. The molecule has 1 atom stereocenters. The Balaban J connectivity index is 1.96. The minimum Gasteiger partial charge on any atom is -0.376 e. The molecule has 0 bridgehead atoms. The van der Waals surface area contributed by atoms with Crippen LogP contribution in [0.15, 0.2) is 54.7 Å². The topological polar surface area (TPSA) is 29.9 Å². The predicted octanol–water partition coefficient (Wildman–Crippen LogP) is 3.75. The minimum atomic E-state index is 0.221. The maximum Gasteiger partial charge on any atom is 0.0654 e. The number of aromatic nitrogens is 2. The van der Waals surface area contributed by atoms with Gasteiger partial charge in [-0.25, -0.2) is 0 Å². The fraction of sp³-hybridized carbons (Fsp3) is 0.188. The first-order valence-corrected chi connectivity index (χ1v) is 6.48. The second-order valence-electron chi connectivity index (χ2n) is 4.77. The zero-order valence-corrected chi connectivity index (χ0v) is 11.2. The van der Waals surface area contributed by atoms with Gasteiger partial charge in [0.15, 0.2) is 0 Å². The van der Waals surface area contributed by atoms with Crippen molar-refractivity contribution in [3.63, 3.8) is 0 Å².